The van der Waals surface area contributed by atoms with Crippen molar-refractivity contribution >= 4 is 6.08 Å². The zero-order valence-corrected chi connectivity index (χ0v) is 7.49. The molecule has 1 aromatic rings. The molecule has 0 aliphatic carbocycles. The average Bonchev–Trinajstić information content (AvgIpc) is 2.05. The van der Waals surface area contributed by atoms with E-state index in [-0.39, 0.29) is 0 Å². The van der Waals surface area contributed by atoms with Crippen LogP contribution in [0.15, 0.2) is 42.3 Å². The fourth-order valence-electron chi connectivity index (χ4n) is 0.826. The lowest BCUT2D eigenvalue weighted by molar-refractivity contribution is 1.32. The van der Waals surface area contributed by atoms with E-state index < -0.39 is 0 Å². The molecule has 0 bridgehead atoms. The molecule has 0 unspecified atom stereocenters. The van der Waals surface area contributed by atoms with Crippen molar-refractivity contribution < 1.29 is 0 Å². The first-order valence-electron chi connectivity index (χ1n) is 4.00. The molecule has 0 amide bonds. The molecule has 0 N–H and O–H groups in total. The van der Waals surface area contributed by atoms with E-state index >= 15 is 0 Å². The third-order valence-corrected chi connectivity index (χ3v) is 1.40. The Morgan fingerprint density at radius 1 is 1.42 bits per heavy atom. The fourth-order valence-corrected chi connectivity index (χ4v) is 0.826. The maximum atomic E-state index is 4.01. The van der Waals surface area contributed by atoms with Crippen LogP contribution in [0.1, 0.15) is 19.4 Å². The predicted molar refractivity (Wildman–Crippen MR) is 52.7 cm³/mol. The summed E-state index contributed by atoms with van der Waals surface area (Å²) in [4.78, 5) is 4.01. The number of pyridine rings is 1. The molecule has 1 heterocycles. The Balaban J connectivity index is 2.64. The minimum absolute atomic E-state index is 1.13. The van der Waals surface area contributed by atoms with E-state index in [1.807, 2.05) is 30.5 Å². The van der Waals surface area contributed by atoms with Gasteiger partial charge in [0.2, 0.25) is 0 Å². The molecule has 0 radical (unpaired) electrons. The third kappa shape index (κ3) is 3.15. The van der Waals surface area contributed by atoms with E-state index in [1.165, 1.54) is 5.57 Å². The van der Waals surface area contributed by atoms with Crippen molar-refractivity contribution in [3.05, 3.63) is 47.8 Å². The normalized spacial score (nSPS) is 10.2. The van der Waals surface area contributed by atoms with Crippen LogP contribution >= 0.6 is 0 Å². The van der Waals surface area contributed by atoms with E-state index in [0.29, 0.717) is 0 Å². The second-order valence-corrected chi connectivity index (χ2v) is 2.89. The van der Waals surface area contributed by atoms with Crippen LogP contribution in [-0.2, 0) is 0 Å². The molecule has 12 heavy (non-hydrogen) atoms. The third-order valence-electron chi connectivity index (χ3n) is 1.40. The molecule has 1 rings (SSSR count). The van der Waals surface area contributed by atoms with Crippen LogP contribution in [0.2, 0.25) is 0 Å². The van der Waals surface area contributed by atoms with Crippen LogP contribution in [0.5, 0.6) is 0 Å². The Morgan fingerprint density at radius 2 is 2.25 bits per heavy atom. The van der Waals surface area contributed by atoms with Gasteiger partial charge < -0.3 is 0 Å². The zero-order chi connectivity index (χ0) is 8.81. The first kappa shape index (κ1) is 8.72. The highest BCUT2D eigenvalue weighted by atomic mass is 14.6. The van der Waals surface area contributed by atoms with Crippen molar-refractivity contribution in [2.45, 2.75) is 13.8 Å². The second kappa shape index (κ2) is 4.50. The van der Waals surface area contributed by atoms with Crippen molar-refractivity contribution in [1.29, 1.82) is 0 Å². The molecule has 1 aromatic heterocycles. The van der Waals surface area contributed by atoms with Crippen LogP contribution < -0.4 is 0 Å². The zero-order valence-electron chi connectivity index (χ0n) is 7.49. The van der Waals surface area contributed by atoms with E-state index in [4.69, 9.17) is 0 Å². The standard InChI is InChI=1S/C11H13N/c1-10(2)5-3-6-11-7-4-8-12-9-11/h3-9H,1-2H3/b6-3+. The van der Waals surface area contributed by atoms with Gasteiger partial charge in [-0.05, 0) is 25.5 Å². The van der Waals surface area contributed by atoms with Gasteiger partial charge in [-0.3, -0.25) is 4.98 Å². The summed E-state index contributed by atoms with van der Waals surface area (Å²) in [6.45, 7) is 4.15. The monoisotopic (exact) mass is 159 g/mol. The van der Waals surface area contributed by atoms with Gasteiger partial charge in [0.15, 0.2) is 0 Å². The summed E-state index contributed by atoms with van der Waals surface area (Å²) in [5.41, 5.74) is 2.44. The van der Waals surface area contributed by atoms with Gasteiger partial charge in [0.05, 0.1) is 0 Å². The summed E-state index contributed by atoms with van der Waals surface area (Å²) in [6, 6.07) is 3.96. The molecule has 0 aliphatic heterocycles. The molecule has 0 atom stereocenters. The van der Waals surface area contributed by atoms with Gasteiger partial charge in [0.1, 0.15) is 0 Å². The molecular formula is C11H13N. The minimum atomic E-state index is 1.13. The Kier molecular flexibility index (Phi) is 3.27. The number of aromatic nitrogens is 1. The predicted octanol–water partition coefficient (Wildman–Crippen LogP) is 3.06. The first-order valence-corrected chi connectivity index (χ1v) is 4.00. The highest BCUT2D eigenvalue weighted by molar-refractivity contribution is 5.49. The Bertz CT molecular complexity index is 279. The molecule has 1 heteroatoms. The summed E-state index contributed by atoms with van der Waals surface area (Å²) in [5.74, 6) is 0. The van der Waals surface area contributed by atoms with Crippen molar-refractivity contribution in [1.82, 2.24) is 4.98 Å². The molecular weight excluding hydrogens is 146 g/mol. The summed E-state index contributed by atoms with van der Waals surface area (Å²) >= 11 is 0. The average molecular weight is 159 g/mol. The van der Waals surface area contributed by atoms with E-state index in [9.17, 15) is 0 Å². The Hall–Kier alpha value is -1.37. The van der Waals surface area contributed by atoms with Gasteiger partial charge in [-0.2, -0.15) is 0 Å². The molecule has 62 valence electrons. The smallest absolute Gasteiger partial charge is 0.0340 e. The summed E-state index contributed by atoms with van der Waals surface area (Å²) in [6.07, 6.45) is 9.77. The SMILES string of the molecule is CC(C)=C/C=C/c1cccnc1. The molecule has 1 nitrogen and oxygen atoms in total. The molecule has 0 spiro atoms. The summed E-state index contributed by atoms with van der Waals surface area (Å²) < 4.78 is 0. The highest BCUT2D eigenvalue weighted by Gasteiger charge is 1.80. The van der Waals surface area contributed by atoms with Gasteiger partial charge in [-0.1, -0.05) is 29.9 Å². The minimum Gasteiger partial charge on any atom is -0.264 e. The lowest BCUT2D eigenvalue weighted by Gasteiger charge is -1.88. The van der Waals surface area contributed by atoms with Gasteiger partial charge in [-0.15, -0.1) is 0 Å². The van der Waals surface area contributed by atoms with Gasteiger partial charge in [0.25, 0.3) is 0 Å². The van der Waals surface area contributed by atoms with Crippen LogP contribution in [-0.4, -0.2) is 4.98 Å². The first-order chi connectivity index (χ1) is 5.79. The molecule has 0 aliphatic rings. The maximum Gasteiger partial charge on any atom is 0.0340 e. The molecule has 0 aromatic carbocycles. The van der Waals surface area contributed by atoms with Gasteiger partial charge >= 0.3 is 0 Å². The molecule has 0 fully saturated rings. The Labute approximate surface area is 73.5 Å². The van der Waals surface area contributed by atoms with Crippen molar-refractivity contribution in [3.8, 4) is 0 Å². The van der Waals surface area contributed by atoms with Crippen LogP contribution in [0.4, 0.5) is 0 Å². The number of allylic oxidation sites excluding steroid dienone is 3. The van der Waals surface area contributed by atoms with Crippen LogP contribution in [0, 0.1) is 0 Å². The quantitative estimate of drug-likeness (QED) is 0.604. The van der Waals surface area contributed by atoms with Crippen molar-refractivity contribution in [2.24, 2.45) is 0 Å². The van der Waals surface area contributed by atoms with Crippen LogP contribution in [0.3, 0.4) is 0 Å². The number of hydrogen-bond acceptors (Lipinski definition) is 1. The summed E-state index contributed by atoms with van der Waals surface area (Å²) in [7, 11) is 0. The maximum absolute atomic E-state index is 4.01. The summed E-state index contributed by atoms with van der Waals surface area (Å²) in [5, 5.41) is 0. The Morgan fingerprint density at radius 3 is 2.83 bits per heavy atom. The largest absolute Gasteiger partial charge is 0.264 e. The number of rotatable bonds is 2. The lowest BCUT2D eigenvalue weighted by atomic mass is 10.2. The van der Waals surface area contributed by atoms with E-state index in [1.54, 1.807) is 6.20 Å². The molecule has 0 saturated carbocycles. The van der Waals surface area contributed by atoms with Crippen LogP contribution in [0.25, 0.3) is 6.08 Å². The fraction of sp³-hybridized carbons (Fsp3) is 0.182. The van der Waals surface area contributed by atoms with Gasteiger partial charge in [-0.25, -0.2) is 0 Å². The van der Waals surface area contributed by atoms with E-state index in [0.717, 1.165) is 5.56 Å². The second-order valence-electron chi connectivity index (χ2n) is 2.89. The molecule has 0 saturated heterocycles. The van der Waals surface area contributed by atoms with E-state index in [2.05, 4.69) is 24.9 Å². The topological polar surface area (TPSA) is 12.9 Å². The lowest BCUT2D eigenvalue weighted by Crippen LogP contribution is -1.72. The number of nitrogens with zero attached hydrogens (tertiary/aromatic N) is 1. The van der Waals surface area contributed by atoms with Crippen molar-refractivity contribution in [3.63, 3.8) is 0 Å². The van der Waals surface area contributed by atoms with Gasteiger partial charge in [0, 0.05) is 12.4 Å². The van der Waals surface area contributed by atoms with Crippen molar-refractivity contribution in [2.75, 3.05) is 0 Å². The highest BCUT2D eigenvalue weighted by Crippen LogP contribution is 1.99. The number of hydrogen-bond donors (Lipinski definition) is 0.